The summed E-state index contributed by atoms with van der Waals surface area (Å²) < 4.78 is 17.2. The van der Waals surface area contributed by atoms with E-state index in [9.17, 15) is 4.79 Å². The van der Waals surface area contributed by atoms with E-state index < -0.39 is 0 Å². The summed E-state index contributed by atoms with van der Waals surface area (Å²) in [6.45, 7) is 4.61. The average molecular weight is 356 g/mol. The molecule has 1 amide bonds. The Bertz CT molecular complexity index is 750. The number of aromatic nitrogens is 1. The molecule has 138 valence electrons. The molecule has 0 aliphatic carbocycles. The third kappa shape index (κ3) is 3.60. The topological polar surface area (TPSA) is 64.8 Å². The number of carbonyl (C=O) groups excluding carboxylic acids is 1. The van der Waals surface area contributed by atoms with Crippen LogP contribution in [0.15, 0.2) is 40.9 Å². The molecule has 2 aromatic heterocycles. The van der Waals surface area contributed by atoms with Crippen LogP contribution < -0.4 is 4.74 Å². The Hall–Kier alpha value is -2.34. The van der Waals surface area contributed by atoms with Crippen molar-refractivity contribution in [1.82, 2.24) is 9.88 Å². The first kappa shape index (κ1) is 17.1. The fraction of sp³-hybridized carbons (Fsp3) is 0.500. The Morgan fingerprint density at radius 3 is 2.85 bits per heavy atom. The van der Waals surface area contributed by atoms with Crippen LogP contribution in [0.1, 0.15) is 35.6 Å². The van der Waals surface area contributed by atoms with E-state index in [0.717, 1.165) is 44.7 Å². The van der Waals surface area contributed by atoms with E-state index in [1.54, 1.807) is 12.3 Å². The molecule has 0 aromatic carbocycles. The molecule has 1 spiro atoms. The Kier molecular flexibility index (Phi) is 4.68. The average Bonchev–Trinajstić information content (AvgIpc) is 3.28. The Morgan fingerprint density at radius 2 is 2.15 bits per heavy atom. The van der Waals surface area contributed by atoms with Crippen LogP contribution in [0.2, 0.25) is 0 Å². The number of carbonyl (C=O) groups is 1. The van der Waals surface area contributed by atoms with Crippen molar-refractivity contribution in [2.24, 2.45) is 5.41 Å². The molecular weight excluding hydrogens is 332 g/mol. The number of rotatable bonds is 4. The second-order valence-electron chi connectivity index (χ2n) is 7.32. The maximum Gasteiger partial charge on any atom is 0.289 e. The van der Waals surface area contributed by atoms with Gasteiger partial charge in [0.25, 0.3) is 5.91 Å². The molecule has 2 saturated heterocycles. The number of hydrogen-bond acceptors (Lipinski definition) is 5. The minimum absolute atomic E-state index is 0.0121. The van der Waals surface area contributed by atoms with E-state index in [0.29, 0.717) is 18.2 Å². The van der Waals surface area contributed by atoms with E-state index >= 15 is 0 Å². The molecule has 0 saturated carbocycles. The lowest BCUT2D eigenvalue weighted by molar-refractivity contribution is 0.0409. The molecule has 2 aliphatic heterocycles. The van der Waals surface area contributed by atoms with Crippen molar-refractivity contribution in [3.8, 4) is 5.88 Å². The Labute approximate surface area is 153 Å². The molecule has 4 heterocycles. The molecule has 2 fully saturated rings. The molecule has 6 heteroatoms. The normalized spacial score (nSPS) is 21.9. The zero-order valence-electron chi connectivity index (χ0n) is 15.0. The number of furan rings is 1. The van der Waals surface area contributed by atoms with Crippen molar-refractivity contribution >= 4 is 5.91 Å². The fourth-order valence-corrected chi connectivity index (χ4v) is 3.85. The molecular formula is C20H24N2O4. The maximum atomic E-state index is 12.5. The number of piperidine rings is 1. The number of aryl methyl sites for hydroxylation is 1. The van der Waals surface area contributed by atoms with Crippen molar-refractivity contribution in [2.75, 3.05) is 26.3 Å². The summed E-state index contributed by atoms with van der Waals surface area (Å²) in [6.07, 6.45) is 4.70. The first-order valence-electron chi connectivity index (χ1n) is 9.15. The number of ether oxygens (including phenoxy) is 2. The van der Waals surface area contributed by atoms with Gasteiger partial charge >= 0.3 is 0 Å². The van der Waals surface area contributed by atoms with Crippen LogP contribution in [0.3, 0.4) is 0 Å². The van der Waals surface area contributed by atoms with Crippen molar-refractivity contribution in [3.05, 3.63) is 48.0 Å². The quantitative estimate of drug-likeness (QED) is 0.842. The maximum absolute atomic E-state index is 12.5. The van der Waals surface area contributed by atoms with Gasteiger partial charge in [0.2, 0.25) is 5.88 Å². The van der Waals surface area contributed by atoms with Gasteiger partial charge in [0, 0.05) is 25.4 Å². The van der Waals surface area contributed by atoms with Gasteiger partial charge < -0.3 is 18.8 Å². The van der Waals surface area contributed by atoms with E-state index in [4.69, 9.17) is 13.9 Å². The van der Waals surface area contributed by atoms with Crippen molar-refractivity contribution in [1.29, 1.82) is 0 Å². The summed E-state index contributed by atoms with van der Waals surface area (Å²) >= 11 is 0. The van der Waals surface area contributed by atoms with Gasteiger partial charge in [0.05, 0.1) is 12.7 Å². The molecule has 2 aromatic rings. The van der Waals surface area contributed by atoms with Gasteiger partial charge in [-0.3, -0.25) is 4.79 Å². The molecule has 6 nitrogen and oxygen atoms in total. The molecule has 0 bridgehead atoms. The van der Waals surface area contributed by atoms with Crippen molar-refractivity contribution < 1.29 is 18.7 Å². The standard InChI is InChI=1S/C20H24N2O4/c1-15-5-6-17(26-15)19(23)22-10-7-20(8-11-22)12-16(25-14-20)13-24-18-4-2-3-9-21-18/h2-6,9,16H,7-8,10-14H2,1H3. The summed E-state index contributed by atoms with van der Waals surface area (Å²) in [7, 11) is 0. The highest BCUT2D eigenvalue weighted by Gasteiger charge is 2.43. The number of amides is 1. The largest absolute Gasteiger partial charge is 0.475 e. The molecule has 1 unspecified atom stereocenters. The second-order valence-corrected chi connectivity index (χ2v) is 7.32. The highest BCUT2D eigenvalue weighted by Crippen LogP contribution is 2.42. The molecule has 0 N–H and O–H groups in total. The SMILES string of the molecule is Cc1ccc(C(=O)N2CCC3(CC2)COC(COc2ccccn2)C3)o1. The van der Waals surface area contributed by atoms with E-state index in [1.165, 1.54) is 0 Å². The summed E-state index contributed by atoms with van der Waals surface area (Å²) in [5.74, 6) is 1.82. The second kappa shape index (κ2) is 7.11. The van der Waals surface area contributed by atoms with Crippen LogP contribution in [0.25, 0.3) is 0 Å². The first-order chi connectivity index (χ1) is 12.6. The third-order valence-corrected chi connectivity index (χ3v) is 5.40. The van der Waals surface area contributed by atoms with Gasteiger partial charge in [-0.25, -0.2) is 4.98 Å². The monoisotopic (exact) mass is 356 g/mol. The molecule has 2 aliphatic rings. The van der Waals surface area contributed by atoms with Gasteiger partial charge in [-0.05, 0) is 49.8 Å². The van der Waals surface area contributed by atoms with Crippen molar-refractivity contribution in [3.63, 3.8) is 0 Å². The number of likely N-dealkylation sites (tertiary alicyclic amines) is 1. The molecule has 1 atom stereocenters. The summed E-state index contributed by atoms with van der Waals surface area (Å²) in [6, 6.07) is 9.21. The lowest BCUT2D eigenvalue weighted by Crippen LogP contribution is -2.43. The van der Waals surface area contributed by atoms with Crippen LogP contribution in [-0.2, 0) is 4.74 Å². The predicted molar refractivity (Wildman–Crippen MR) is 95.1 cm³/mol. The number of hydrogen-bond donors (Lipinski definition) is 0. The lowest BCUT2D eigenvalue weighted by atomic mass is 9.76. The first-order valence-corrected chi connectivity index (χ1v) is 9.15. The van der Waals surface area contributed by atoms with E-state index in [2.05, 4.69) is 4.98 Å². The van der Waals surface area contributed by atoms with Gasteiger partial charge in [0.1, 0.15) is 12.4 Å². The predicted octanol–water partition coefficient (Wildman–Crippen LogP) is 3.07. The Balaban J connectivity index is 1.28. The smallest absolute Gasteiger partial charge is 0.289 e. The molecule has 0 radical (unpaired) electrons. The zero-order valence-corrected chi connectivity index (χ0v) is 15.0. The fourth-order valence-electron chi connectivity index (χ4n) is 3.85. The van der Waals surface area contributed by atoms with Gasteiger partial charge in [-0.15, -0.1) is 0 Å². The van der Waals surface area contributed by atoms with Crippen LogP contribution >= 0.6 is 0 Å². The molecule has 4 rings (SSSR count). The van der Waals surface area contributed by atoms with Gasteiger partial charge in [-0.1, -0.05) is 6.07 Å². The van der Waals surface area contributed by atoms with E-state index in [1.807, 2.05) is 36.1 Å². The van der Waals surface area contributed by atoms with Crippen LogP contribution in [-0.4, -0.2) is 48.2 Å². The minimum atomic E-state index is -0.0121. The Morgan fingerprint density at radius 1 is 1.31 bits per heavy atom. The number of nitrogens with zero attached hydrogens (tertiary/aromatic N) is 2. The van der Waals surface area contributed by atoms with E-state index in [-0.39, 0.29) is 17.4 Å². The highest BCUT2D eigenvalue weighted by atomic mass is 16.5. The van der Waals surface area contributed by atoms with Crippen LogP contribution in [0.4, 0.5) is 0 Å². The van der Waals surface area contributed by atoms with Crippen LogP contribution in [0, 0.1) is 12.3 Å². The molecule has 26 heavy (non-hydrogen) atoms. The third-order valence-electron chi connectivity index (χ3n) is 5.40. The van der Waals surface area contributed by atoms with Crippen LogP contribution in [0.5, 0.6) is 5.88 Å². The lowest BCUT2D eigenvalue weighted by Gasteiger charge is -2.38. The highest BCUT2D eigenvalue weighted by molar-refractivity contribution is 5.91. The van der Waals surface area contributed by atoms with Gasteiger partial charge in [0.15, 0.2) is 5.76 Å². The minimum Gasteiger partial charge on any atom is -0.475 e. The summed E-state index contributed by atoms with van der Waals surface area (Å²) in [4.78, 5) is 18.6. The zero-order chi connectivity index (χ0) is 18.0. The van der Waals surface area contributed by atoms with Gasteiger partial charge in [-0.2, -0.15) is 0 Å². The van der Waals surface area contributed by atoms with Crippen molar-refractivity contribution in [2.45, 2.75) is 32.3 Å². The number of pyridine rings is 1. The summed E-state index contributed by atoms with van der Waals surface area (Å²) in [5, 5.41) is 0. The summed E-state index contributed by atoms with van der Waals surface area (Å²) in [5.41, 5.74) is 0.161.